The normalized spacial score (nSPS) is 11.9. The molecule has 0 radical (unpaired) electrons. The zero-order valence-electron chi connectivity index (χ0n) is 14.0. The minimum atomic E-state index is -3.41. The average molecular weight is 343 g/mol. The molecule has 0 unspecified atom stereocenters. The molecule has 0 atom stereocenters. The van der Waals surface area contributed by atoms with E-state index in [1.54, 1.807) is 12.1 Å². The zero-order chi connectivity index (χ0) is 17.7. The largest absolute Gasteiger partial charge is 0.494 e. The smallest absolute Gasteiger partial charge is 0.231 e. The van der Waals surface area contributed by atoms with E-state index in [9.17, 15) is 13.2 Å². The number of benzene rings is 1. The Kier molecular flexibility index (Phi) is 6.40. The first-order valence-electron chi connectivity index (χ1n) is 7.38. The van der Waals surface area contributed by atoms with Gasteiger partial charge in [0, 0.05) is 18.3 Å². The second-order valence-electron chi connectivity index (χ2n) is 5.43. The Labute approximate surface area is 137 Å². The first kappa shape index (κ1) is 19.2. The molecule has 0 saturated carbocycles. The quantitative estimate of drug-likeness (QED) is 0.666. The Bertz CT molecular complexity index is 646. The Balaban J connectivity index is 3.05. The van der Waals surface area contributed by atoms with Gasteiger partial charge in [0.2, 0.25) is 15.9 Å². The lowest BCUT2D eigenvalue weighted by atomic mass is 9.81. The fourth-order valence-electron chi connectivity index (χ4n) is 2.27. The number of carbonyl (C=O) groups is 1. The summed E-state index contributed by atoms with van der Waals surface area (Å²) in [5, 5.41) is 2.82. The van der Waals surface area contributed by atoms with Crippen LogP contribution in [0.4, 0.5) is 11.4 Å². The van der Waals surface area contributed by atoms with Crippen molar-refractivity contribution in [2.75, 3.05) is 29.9 Å². The Morgan fingerprint density at radius 3 is 2.35 bits per heavy atom. The Morgan fingerprint density at radius 1 is 1.30 bits per heavy atom. The predicted octanol–water partition coefficient (Wildman–Crippen LogP) is 1.77. The molecule has 8 heteroatoms. The maximum atomic E-state index is 12.5. The van der Waals surface area contributed by atoms with Crippen molar-refractivity contribution >= 4 is 27.3 Å². The zero-order valence-corrected chi connectivity index (χ0v) is 14.8. The molecular weight excluding hydrogens is 318 g/mol. The highest BCUT2D eigenvalue weighted by Gasteiger charge is 2.33. The molecule has 0 bridgehead atoms. The number of amides is 1. The van der Waals surface area contributed by atoms with Crippen molar-refractivity contribution in [3.63, 3.8) is 0 Å². The third kappa shape index (κ3) is 4.84. The van der Waals surface area contributed by atoms with E-state index in [2.05, 4.69) is 10.0 Å². The molecule has 0 aromatic heterocycles. The molecule has 0 heterocycles. The summed E-state index contributed by atoms with van der Waals surface area (Å²) in [4.78, 5) is 12.5. The van der Waals surface area contributed by atoms with E-state index >= 15 is 0 Å². The van der Waals surface area contributed by atoms with Crippen molar-refractivity contribution in [2.45, 2.75) is 26.7 Å². The van der Waals surface area contributed by atoms with Crippen molar-refractivity contribution in [2.24, 2.45) is 11.1 Å². The molecule has 1 aromatic carbocycles. The molecule has 0 aliphatic carbocycles. The summed E-state index contributed by atoms with van der Waals surface area (Å²) in [5.41, 5.74) is 5.98. The number of hydrogen-bond acceptors (Lipinski definition) is 5. The van der Waals surface area contributed by atoms with Crippen LogP contribution in [0.25, 0.3) is 0 Å². The number of rotatable bonds is 8. The van der Waals surface area contributed by atoms with E-state index in [4.69, 9.17) is 10.5 Å². The van der Waals surface area contributed by atoms with E-state index < -0.39 is 15.4 Å². The minimum absolute atomic E-state index is 0.157. The molecule has 1 aromatic rings. The van der Waals surface area contributed by atoms with Gasteiger partial charge in [-0.15, -0.1) is 0 Å². The fraction of sp³-hybridized carbons (Fsp3) is 0.533. The lowest BCUT2D eigenvalue weighted by molar-refractivity contribution is -0.125. The average Bonchev–Trinajstić information content (AvgIpc) is 2.49. The van der Waals surface area contributed by atoms with Crippen molar-refractivity contribution in [3.8, 4) is 5.75 Å². The van der Waals surface area contributed by atoms with Crippen molar-refractivity contribution in [1.82, 2.24) is 0 Å². The van der Waals surface area contributed by atoms with Crippen LogP contribution in [0, 0.1) is 5.41 Å². The molecule has 4 N–H and O–H groups in total. The first-order chi connectivity index (χ1) is 10.7. The van der Waals surface area contributed by atoms with Crippen LogP contribution in [0.3, 0.4) is 0 Å². The standard InChI is InChI=1S/C15H25N3O4S/c1-5-15(6-2,10-16)14(19)17-11-7-8-12(13(9-11)22-3)18-23(4,20)21/h7-9,18H,5-6,10,16H2,1-4H3,(H,17,19). The number of anilines is 2. The molecule has 0 saturated heterocycles. The van der Waals surface area contributed by atoms with Gasteiger partial charge in [-0.2, -0.15) is 0 Å². The summed E-state index contributed by atoms with van der Waals surface area (Å²) in [7, 11) is -1.99. The van der Waals surface area contributed by atoms with E-state index in [-0.39, 0.29) is 12.5 Å². The topological polar surface area (TPSA) is 111 Å². The van der Waals surface area contributed by atoms with Crippen molar-refractivity contribution < 1.29 is 17.9 Å². The molecule has 0 fully saturated rings. The van der Waals surface area contributed by atoms with Crippen LogP contribution >= 0.6 is 0 Å². The highest BCUT2D eigenvalue weighted by atomic mass is 32.2. The Hall–Kier alpha value is -1.80. The van der Waals surface area contributed by atoms with Gasteiger partial charge in [0.25, 0.3) is 0 Å². The van der Waals surface area contributed by atoms with Crippen LogP contribution in [0.2, 0.25) is 0 Å². The minimum Gasteiger partial charge on any atom is -0.494 e. The van der Waals surface area contributed by atoms with Crippen LogP contribution in [0.1, 0.15) is 26.7 Å². The fourth-order valence-corrected chi connectivity index (χ4v) is 2.84. The number of methoxy groups -OCH3 is 1. The van der Waals surface area contributed by atoms with Crippen LogP contribution in [0.5, 0.6) is 5.75 Å². The summed E-state index contributed by atoms with van der Waals surface area (Å²) < 4.78 is 30.2. The summed E-state index contributed by atoms with van der Waals surface area (Å²) in [5.74, 6) is 0.162. The van der Waals surface area contributed by atoms with Crippen LogP contribution in [-0.2, 0) is 14.8 Å². The third-order valence-corrected chi connectivity index (χ3v) is 4.57. The summed E-state index contributed by atoms with van der Waals surface area (Å²) >= 11 is 0. The number of sulfonamides is 1. The van der Waals surface area contributed by atoms with Gasteiger partial charge in [-0.25, -0.2) is 8.42 Å². The molecule has 23 heavy (non-hydrogen) atoms. The lowest BCUT2D eigenvalue weighted by Crippen LogP contribution is -2.41. The van der Waals surface area contributed by atoms with Gasteiger partial charge in [0.15, 0.2) is 0 Å². The van der Waals surface area contributed by atoms with Crippen LogP contribution in [0.15, 0.2) is 18.2 Å². The summed E-state index contributed by atoms with van der Waals surface area (Å²) in [6.07, 6.45) is 2.33. The molecule has 130 valence electrons. The molecule has 1 amide bonds. The molecule has 1 rings (SSSR count). The number of hydrogen-bond donors (Lipinski definition) is 3. The van der Waals surface area contributed by atoms with Crippen molar-refractivity contribution in [3.05, 3.63) is 18.2 Å². The monoisotopic (exact) mass is 343 g/mol. The molecule has 7 nitrogen and oxygen atoms in total. The van der Waals surface area contributed by atoms with Gasteiger partial charge >= 0.3 is 0 Å². The van der Waals surface area contributed by atoms with E-state index in [1.807, 2.05) is 13.8 Å². The highest BCUT2D eigenvalue weighted by Crippen LogP contribution is 2.31. The molecule has 0 aliphatic rings. The van der Waals surface area contributed by atoms with Gasteiger partial charge in [-0.3, -0.25) is 9.52 Å². The maximum absolute atomic E-state index is 12.5. The summed E-state index contributed by atoms with van der Waals surface area (Å²) in [6.45, 7) is 4.11. The maximum Gasteiger partial charge on any atom is 0.231 e. The van der Waals surface area contributed by atoms with Crippen LogP contribution < -0.4 is 20.5 Å². The number of carbonyl (C=O) groups excluding carboxylic acids is 1. The second kappa shape index (κ2) is 7.65. The summed E-state index contributed by atoms with van der Waals surface area (Å²) in [6, 6.07) is 4.72. The molecule has 0 aliphatic heterocycles. The van der Waals surface area contributed by atoms with Gasteiger partial charge in [-0.05, 0) is 25.0 Å². The number of nitrogens with two attached hydrogens (primary N) is 1. The second-order valence-corrected chi connectivity index (χ2v) is 7.18. The first-order valence-corrected chi connectivity index (χ1v) is 9.27. The van der Waals surface area contributed by atoms with Gasteiger partial charge in [-0.1, -0.05) is 13.8 Å². The predicted molar refractivity (Wildman–Crippen MR) is 92.2 cm³/mol. The molecule has 0 spiro atoms. The Morgan fingerprint density at radius 2 is 1.91 bits per heavy atom. The van der Waals surface area contributed by atoms with E-state index in [1.165, 1.54) is 13.2 Å². The lowest BCUT2D eigenvalue weighted by Gasteiger charge is -2.28. The SMILES string of the molecule is CCC(CC)(CN)C(=O)Nc1ccc(NS(C)(=O)=O)c(OC)c1. The van der Waals surface area contributed by atoms with E-state index in [0.717, 1.165) is 6.26 Å². The highest BCUT2D eigenvalue weighted by molar-refractivity contribution is 7.92. The third-order valence-electron chi connectivity index (χ3n) is 3.98. The van der Waals surface area contributed by atoms with Gasteiger partial charge < -0.3 is 15.8 Å². The van der Waals surface area contributed by atoms with Gasteiger partial charge in [0.1, 0.15) is 5.75 Å². The van der Waals surface area contributed by atoms with Gasteiger partial charge in [0.05, 0.1) is 24.5 Å². The van der Waals surface area contributed by atoms with E-state index in [0.29, 0.717) is 30.0 Å². The van der Waals surface area contributed by atoms with Crippen LogP contribution in [-0.4, -0.2) is 34.2 Å². The number of nitrogens with one attached hydrogen (secondary N) is 2. The van der Waals surface area contributed by atoms with Crippen molar-refractivity contribution in [1.29, 1.82) is 0 Å². The number of ether oxygens (including phenoxy) is 1. The molecular formula is C15H25N3O4S.